The minimum absolute atomic E-state index is 0.445. The van der Waals surface area contributed by atoms with Crippen molar-refractivity contribution in [3.05, 3.63) is 62.8 Å². The maximum atomic E-state index is 9.38. The van der Waals surface area contributed by atoms with Gasteiger partial charge in [0.1, 0.15) is 0 Å². The van der Waals surface area contributed by atoms with Gasteiger partial charge in [-0.2, -0.15) is 10.4 Å². The molecule has 0 bridgehead atoms. The lowest BCUT2D eigenvalue weighted by Gasteiger charge is -2.41. The summed E-state index contributed by atoms with van der Waals surface area (Å²) in [6.45, 7) is 17.6. The highest BCUT2D eigenvalue weighted by molar-refractivity contribution is 5.55. The zero-order valence-corrected chi connectivity index (χ0v) is 21.5. The van der Waals surface area contributed by atoms with Crippen molar-refractivity contribution in [2.24, 2.45) is 0 Å². The number of hydrogen-bond acceptors (Lipinski definition) is 6. The van der Waals surface area contributed by atoms with E-state index in [2.05, 4.69) is 83.4 Å². The molecule has 2 aromatic rings. The van der Waals surface area contributed by atoms with Gasteiger partial charge in [0.05, 0.1) is 17.3 Å². The van der Waals surface area contributed by atoms with Crippen LogP contribution in [0, 0.1) is 25.2 Å². The first-order valence-electron chi connectivity index (χ1n) is 12.4. The molecule has 6 heteroatoms. The number of aromatic nitrogens is 2. The molecule has 1 aromatic heterocycles. The molecule has 1 atom stereocenters. The summed E-state index contributed by atoms with van der Waals surface area (Å²) in [4.78, 5) is 5.04. The second-order valence-corrected chi connectivity index (χ2v) is 8.92. The second kappa shape index (κ2) is 11.8. The third kappa shape index (κ3) is 5.66. The van der Waals surface area contributed by atoms with Crippen LogP contribution in [0.1, 0.15) is 56.5 Å². The minimum atomic E-state index is 0.445. The van der Waals surface area contributed by atoms with Gasteiger partial charge in [-0.1, -0.05) is 38.1 Å². The molecule has 1 aliphatic rings. The lowest BCUT2D eigenvalue weighted by molar-refractivity contribution is 0.120. The molecule has 6 nitrogen and oxygen atoms in total. The highest BCUT2D eigenvalue weighted by Crippen LogP contribution is 2.18. The summed E-state index contributed by atoms with van der Waals surface area (Å²) in [5.74, 6) is 0.766. The van der Waals surface area contributed by atoms with Gasteiger partial charge in [0, 0.05) is 48.4 Å². The highest BCUT2D eigenvalue weighted by Gasteiger charge is 2.23. The smallest absolute Gasteiger partial charge is 0.156 e. The van der Waals surface area contributed by atoms with E-state index in [0.29, 0.717) is 18.2 Å². The molecule has 0 aliphatic carbocycles. The molecule has 180 valence electrons. The maximum Gasteiger partial charge on any atom is 0.156 e. The molecule has 1 aromatic carbocycles. The quantitative estimate of drug-likeness (QED) is 0.685. The Kier molecular flexibility index (Phi) is 8.84. The summed E-state index contributed by atoms with van der Waals surface area (Å²) >= 11 is 0. The number of nitriles is 1. The Morgan fingerprint density at radius 1 is 1.21 bits per heavy atom. The van der Waals surface area contributed by atoms with Crippen molar-refractivity contribution in [2.45, 2.75) is 60.5 Å². The summed E-state index contributed by atoms with van der Waals surface area (Å²) in [5, 5.41) is 24.0. The van der Waals surface area contributed by atoms with Gasteiger partial charge in [-0.15, -0.1) is 5.10 Å². The molecule has 34 heavy (non-hydrogen) atoms. The van der Waals surface area contributed by atoms with E-state index in [1.807, 2.05) is 26.0 Å². The van der Waals surface area contributed by atoms with Crippen LogP contribution >= 0.6 is 0 Å². The first kappa shape index (κ1) is 25.5. The summed E-state index contributed by atoms with van der Waals surface area (Å²) in [5.41, 5.74) is 4.95. The van der Waals surface area contributed by atoms with Crippen LogP contribution in [0.2, 0.25) is 0 Å². The van der Waals surface area contributed by atoms with Crippen LogP contribution in [0.5, 0.6) is 0 Å². The van der Waals surface area contributed by atoms with Crippen molar-refractivity contribution in [3.8, 4) is 6.07 Å². The van der Waals surface area contributed by atoms with Gasteiger partial charge in [-0.25, -0.2) is 0 Å². The highest BCUT2D eigenvalue weighted by atomic mass is 15.3. The number of benzene rings is 1. The van der Waals surface area contributed by atoms with Gasteiger partial charge in [0.2, 0.25) is 0 Å². The van der Waals surface area contributed by atoms with Crippen LogP contribution in [0.15, 0.2) is 30.0 Å². The van der Waals surface area contributed by atoms with E-state index in [-0.39, 0.29) is 0 Å². The fourth-order valence-electron chi connectivity index (χ4n) is 4.69. The van der Waals surface area contributed by atoms with Crippen LogP contribution in [0.3, 0.4) is 0 Å². The van der Waals surface area contributed by atoms with Gasteiger partial charge in [0.15, 0.2) is 5.82 Å². The number of nitrogens with zero attached hydrogens (tertiary/aromatic N) is 5. The predicted molar refractivity (Wildman–Crippen MR) is 140 cm³/mol. The lowest BCUT2D eigenvalue weighted by Crippen LogP contribution is -2.51. The van der Waals surface area contributed by atoms with Crippen molar-refractivity contribution in [3.63, 3.8) is 0 Å². The Bertz CT molecular complexity index is 1190. The topological polar surface area (TPSA) is 68.1 Å². The van der Waals surface area contributed by atoms with E-state index in [1.54, 1.807) is 0 Å². The van der Waals surface area contributed by atoms with Crippen molar-refractivity contribution in [1.82, 2.24) is 20.0 Å². The van der Waals surface area contributed by atoms with Gasteiger partial charge in [0.25, 0.3) is 0 Å². The van der Waals surface area contributed by atoms with Gasteiger partial charge >= 0.3 is 0 Å². The molecule has 1 fully saturated rings. The summed E-state index contributed by atoms with van der Waals surface area (Å²) < 4.78 is 0. The Labute approximate surface area is 204 Å². The Morgan fingerprint density at radius 2 is 2.00 bits per heavy atom. The Morgan fingerprint density at radius 3 is 2.65 bits per heavy atom. The SMILES string of the molecule is C/C=c1/c(C)nnc(NCc2cccc(C#N)c2C)/c1=C/C(=C/CC)N1CCN(CC)CC1C. The molecule has 0 radical (unpaired) electrons. The van der Waals surface area contributed by atoms with E-state index in [1.165, 1.54) is 5.70 Å². The molecule has 0 spiro atoms. The molecule has 1 unspecified atom stereocenters. The molecule has 1 saturated heterocycles. The molecule has 2 heterocycles. The average molecular weight is 459 g/mol. The minimum Gasteiger partial charge on any atom is -0.366 e. The number of nitrogens with one attached hydrogen (secondary N) is 1. The third-order valence-electron chi connectivity index (χ3n) is 6.73. The fourth-order valence-corrected chi connectivity index (χ4v) is 4.69. The molecule has 1 aliphatic heterocycles. The van der Waals surface area contributed by atoms with E-state index in [4.69, 9.17) is 0 Å². The van der Waals surface area contributed by atoms with Crippen LogP contribution < -0.4 is 15.8 Å². The predicted octanol–water partition coefficient (Wildman–Crippen LogP) is 3.48. The molecular formula is C28H38N6. The Balaban J connectivity index is 2.03. The standard InChI is InChI=1S/C28H38N6/c1-7-11-25(34-15-14-33(9-3)19-20(34)4)16-27-26(8-2)22(6)31-32-28(27)30-18-24-13-10-12-23(17-29)21(24)5/h8,10-13,16,20H,7,9,14-15,18-19H2,1-6H3,(H,30,32)/b25-11-,26-8-,27-16+. The number of likely N-dealkylation sites (N-methyl/N-ethyl adjacent to an activating group) is 1. The number of allylic oxidation sites excluding steroid dienone is 2. The number of rotatable bonds is 7. The van der Waals surface area contributed by atoms with Crippen LogP contribution in [-0.4, -0.2) is 52.2 Å². The van der Waals surface area contributed by atoms with Gasteiger partial charge < -0.3 is 10.2 Å². The third-order valence-corrected chi connectivity index (χ3v) is 6.73. The van der Waals surface area contributed by atoms with Crippen molar-refractivity contribution in [1.29, 1.82) is 5.26 Å². The molecule has 0 amide bonds. The van der Waals surface area contributed by atoms with E-state index in [9.17, 15) is 5.26 Å². The second-order valence-electron chi connectivity index (χ2n) is 8.92. The van der Waals surface area contributed by atoms with Crippen molar-refractivity contribution in [2.75, 3.05) is 31.5 Å². The van der Waals surface area contributed by atoms with Crippen molar-refractivity contribution < 1.29 is 0 Å². The van der Waals surface area contributed by atoms with E-state index < -0.39 is 0 Å². The van der Waals surface area contributed by atoms with Crippen LogP contribution in [-0.2, 0) is 6.54 Å². The molecule has 0 saturated carbocycles. The normalized spacial score (nSPS) is 18.3. The zero-order valence-electron chi connectivity index (χ0n) is 21.5. The fraction of sp³-hybridized carbons (Fsp3) is 0.464. The van der Waals surface area contributed by atoms with Gasteiger partial charge in [-0.05, 0) is 63.9 Å². The largest absolute Gasteiger partial charge is 0.366 e. The monoisotopic (exact) mass is 458 g/mol. The number of aryl methyl sites for hydroxylation is 1. The van der Waals surface area contributed by atoms with Crippen LogP contribution in [0.4, 0.5) is 5.82 Å². The van der Waals surface area contributed by atoms with Crippen LogP contribution in [0.25, 0.3) is 12.2 Å². The summed E-state index contributed by atoms with van der Waals surface area (Å²) in [7, 11) is 0. The molecular weight excluding hydrogens is 420 g/mol. The van der Waals surface area contributed by atoms with E-state index >= 15 is 0 Å². The Hall–Kier alpha value is -3.17. The maximum absolute atomic E-state index is 9.38. The van der Waals surface area contributed by atoms with E-state index in [0.717, 1.165) is 65.7 Å². The lowest BCUT2D eigenvalue weighted by atomic mass is 10.0. The number of piperazine rings is 1. The zero-order chi connectivity index (χ0) is 24.7. The summed E-state index contributed by atoms with van der Waals surface area (Å²) in [6, 6.07) is 8.56. The van der Waals surface area contributed by atoms with Crippen molar-refractivity contribution >= 4 is 18.0 Å². The summed E-state index contributed by atoms with van der Waals surface area (Å²) in [6.07, 6.45) is 7.68. The molecule has 1 N–H and O–H groups in total. The number of hydrogen-bond donors (Lipinski definition) is 1. The average Bonchev–Trinajstić information content (AvgIpc) is 2.84. The van der Waals surface area contributed by atoms with Gasteiger partial charge in [-0.3, -0.25) is 4.90 Å². The first-order chi connectivity index (χ1) is 16.4. The number of anilines is 1. The molecule has 3 rings (SSSR count). The first-order valence-corrected chi connectivity index (χ1v) is 12.4.